The maximum absolute atomic E-state index is 13.8. The van der Waals surface area contributed by atoms with Crippen LogP contribution in [0.2, 0.25) is 0 Å². The van der Waals surface area contributed by atoms with Crippen molar-refractivity contribution in [3.8, 4) is 17.5 Å². The van der Waals surface area contributed by atoms with Crippen molar-refractivity contribution in [3.05, 3.63) is 71.5 Å². The monoisotopic (exact) mass is 538 g/mol. The Morgan fingerprint density at radius 3 is 2.46 bits per heavy atom. The number of piperidine rings is 1. The largest absolute Gasteiger partial charge is 0.416 e. The van der Waals surface area contributed by atoms with Gasteiger partial charge in [-0.25, -0.2) is 0 Å². The molecule has 39 heavy (non-hydrogen) atoms. The fourth-order valence-corrected chi connectivity index (χ4v) is 5.36. The predicted octanol–water partition coefficient (Wildman–Crippen LogP) is 4.58. The zero-order chi connectivity index (χ0) is 28.4. The first-order chi connectivity index (χ1) is 18.4. The minimum absolute atomic E-state index is 0.0324. The third kappa shape index (κ3) is 5.93. The lowest BCUT2D eigenvalue weighted by Gasteiger charge is -2.42. The van der Waals surface area contributed by atoms with E-state index in [9.17, 15) is 23.2 Å². The molecule has 206 valence electrons. The van der Waals surface area contributed by atoms with E-state index in [0.29, 0.717) is 38.2 Å². The van der Waals surface area contributed by atoms with E-state index in [0.717, 1.165) is 29.1 Å². The van der Waals surface area contributed by atoms with Crippen molar-refractivity contribution >= 4 is 11.6 Å². The van der Waals surface area contributed by atoms with E-state index in [1.165, 1.54) is 6.07 Å². The van der Waals surface area contributed by atoms with E-state index in [2.05, 4.69) is 10.3 Å². The van der Waals surface area contributed by atoms with Gasteiger partial charge in [-0.2, -0.15) is 18.4 Å². The maximum Gasteiger partial charge on any atom is 0.416 e. The second-order valence-corrected chi connectivity index (χ2v) is 10.5. The summed E-state index contributed by atoms with van der Waals surface area (Å²) in [5.74, 6) is -0.0992. The van der Waals surface area contributed by atoms with E-state index < -0.39 is 17.2 Å². The number of halogens is 3. The number of nitrogens with one attached hydrogen (secondary N) is 1. The fraction of sp³-hybridized carbons (Fsp3) is 0.414. The van der Waals surface area contributed by atoms with Crippen LogP contribution in [0.5, 0.6) is 0 Å². The molecular formula is C29H33F3N6O. The maximum atomic E-state index is 13.8. The highest BCUT2D eigenvalue weighted by Gasteiger charge is 2.44. The van der Waals surface area contributed by atoms with Crippen LogP contribution >= 0.6 is 0 Å². The Morgan fingerprint density at radius 1 is 1.21 bits per heavy atom. The molecule has 1 unspecified atom stereocenters. The molecule has 4 rings (SSSR count). The standard InChI is InChI=1S/C29H33F3N6O/c1-20(19-36(2)3)35-27(39)28(23-7-9-24(34-18-23)26-6-5-13-37(26)4)11-14-38(15-12-28)25-10-8-22(29(30,31)32)16-21(25)17-33/h5-10,13,16,18,20H,11-12,14-15,19H2,1-4H3,(H,35,39). The summed E-state index contributed by atoms with van der Waals surface area (Å²) in [6.45, 7) is 3.43. The molecule has 3 aromatic rings. The molecule has 1 aromatic carbocycles. The molecule has 2 aromatic heterocycles. The van der Waals surface area contributed by atoms with Gasteiger partial charge in [-0.05, 0) is 75.8 Å². The van der Waals surface area contributed by atoms with Gasteiger partial charge in [0.05, 0.1) is 33.6 Å². The van der Waals surface area contributed by atoms with Crippen molar-refractivity contribution in [3.63, 3.8) is 0 Å². The lowest BCUT2D eigenvalue weighted by molar-refractivity contribution is -0.137. The number of alkyl halides is 3. The number of nitrogens with zero attached hydrogens (tertiary/aromatic N) is 5. The van der Waals surface area contributed by atoms with Crippen LogP contribution < -0.4 is 10.2 Å². The normalized spacial score (nSPS) is 16.1. The summed E-state index contributed by atoms with van der Waals surface area (Å²) in [7, 11) is 5.83. The first-order valence-corrected chi connectivity index (χ1v) is 12.8. The molecule has 3 heterocycles. The molecule has 7 nitrogen and oxygen atoms in total. The average Bonchev–Trinajstić information content (AvgIpc) is 3.33. The quantitative estimate of drug-likeness (QED) is 0.477. The van der Waals surface area contributed by atoms with Crippen LogP contribution in [0.15, 0.2) is 54.9 Å². The Hall–Kier alpha value is -3.84. The summed E-state index contributed by atoms with van der Waals surface area (Å²) in [5.41, 5.74) is 1.24. The van der Waals surface area contributed by atoms with Gasteiger partial charge >= 0.3 is 6.18 Å². The van der Waals surface area contributed by atoms with Crippen LogP contribution in [0.1, 0.15) is 36.5 Å². The van der Waals surface area contributed by atoms with Crippen LogP contribution in [0.25, 0.3) is 11.4 Å². The van der Waals surface area contributed by atoms with E-state index in [1.807, 2.05) is 79.0 Å². The number of carbonyl (C=O) groups excluding carboxylic acids is 1. The molecule has 0 radical (unpaired) electrons. The summed E-state index contributed by atoms with van der Waals surface area (Å²) in [6.07, 6.45) is 0.0156. The van der Waals surface area contributed by atoms with Crippen LogP contribution in [0.4, 0.5) is 18.9 Å². The van der Waals surface area contributed by atoms with E-state index in [1.54, 1.807) is 6.20 Å². The van der Waals surface area contributed by atoms with Gasteiger partial charge in [0.2, 0.25) is 5.91 Å². The number of aromatic nitrogens is 2. The lowest BCUT2D eigenvalue weighted by atomic mass is 9.72. The molecule has 1 saturated heterocycles. The SMILES string of the molecule is CC(CN(C)C)NC(=O)C1(c2ccc(-c3cccn3C)nc2)CCN(c2ccc(C(F)(F)F)cc2C#N)CC1. The summed E-state index contributed by atoms with van der Waals surface area (Å²) >= 11 is 0. The molecule has 1 N–H and O–H groups in total. The van der Waals surface area contributed by atoms with Crippen molar-refractivity contribution in [2.24, 2.45) is 7.05 Å². The minimum Gasteiger partial charge on any atom is -0.370 e. The second kappa shape index (κ2) is 11.1. The summed E-state index contributed by atoms with van der Waals surface area (Å²) in [5, 5.41) is 12.7. The van der Waals surface area contributed by atoms with Gasteiger partial charge < -0.3 is 19.7 Å². The van der Waals surface area contributed by atoms with Crippen molar-refractivity contribution in [2.75, 3.05) is 38.6 Å². The highest BCUT2D eigenvalue weighted by molar-refractivity contribution is 5.89. The third-order valence-corrected chi connectivity index (χ3v) is 7.38. The zero-order valence-corrected chi connectivity index (χ0v) is 22.6. The number of hydrogen-bond donors (Lipinski definition) is 1. The third-order valence-electron chi connectivity index (χ3n) is 7.38. The number of anilines is 1. The highest BCUT2D eigenvalue weighted by atomic mass is 19.4. The summed E-state index contributed by atoms with van der Waals surface area (Å²) in [4.78, 5) is 22.4. The van der Waals surface area contributed by atoms with E-state index >= 15 is 0 Å². The van der Waals surface area contributed by atoms with Crippen LogP contribution in [-0.2, 0) is 23.4 Å². The van der Waals surface area contributed by atoms with Crippen LogP contribution in [0.3, 0.4) is 0 Å². The minimum atomic E-state index is -4.53. The Morgan fingerprint density at radius 2 is 1.92 bits per heavy atom. The molecule has 0 bridgehead atoms. The number of rotatable bonds is 7. The average molecular weight is 539 g/mol. The zero-order valence-electron chi connectivity index (χ0n) is 22.6. The van der Waals surface area contributed by atoms with Crippen molar-refractivity contribution in [2.45, 2.75) is 37.4 Å². The van der Waals surface area contributed by atoms with Gasteiger partial charge in [0, 0.05) is 45.1 Å². The van der Waals surface area contributed by atoms with Gasteiger partial charge in [-0.1, -0.05) is 6.07 Å². The molecule has 1 aliphatic rings. The molecule has 1 aliphatic heterocycles. The number of pyridine rings is 1. The molecule has 1 amide bonds. The molecule has 1 fully saturated rings. The number of carbonyl (C=O) groups is 1. The summed E-state index contributed by atoms with van der Waals surface area (Å²) in [6, 6.07) is 12.8. The predicted molar refractivity (Wildman–Crippen MR) is 144 cm³/mol. The molecule has 10 heteroatoms. The van der Waals surface area contributed by atoms with Gasteiger partial charge in [-0.3, -0.25) is 9.78 Å². The Labute approximate surface area is 226 Å². The Balaban J connectivity index is 1.63. The molecule has 0 spiro atoms. The number of aryl methyl sites for hydroxylation is 1. The first-order valence-electron chi connectivity index (χ1n) is 12.8. The number of benzene rings is 1. The molecule has 1 atom stereocenters. The molecule has 0 saturated carbocycles. The number of hydrogen-bond acceptors (Lipinski definition) is 5. The number of likely N-dealkylation sites (N-methyl/N-ethyl adjacent to an activating group) is 1. The summed E-state index contributed by atoms with van der Waals surface area (Å²) < 4.78 is 41.6. The lowest BCUT2D eigenvalue weighted by Crippen LogP contribution is -2.54. The van der Waals surface area contributed by atoms with E-state index in [-0.39, 0.29) is 17.5 Å². The second-order valence-electron chi connectivity index (χ2n) is 10.5. The van der Waals surface area contributed by atoms with Crippen molar-refractivity contribution in [1.29, 1.82) is 5.26 Å². The Bertz CT molecular complexity index is 1350. The van der Waals surface area contributed by atoms with Crippen molar-refractivity contribution in [1.82, 2.24) is 19.8 Å². The smallest absolute Gasteiger partial charge is 0.370 e. The van der Waals surface area contributed by atoms with Gasteiger partial charge in [0.25, 0.3) is 0 Å². The first kappa shape index (κ1) is 28.2. The number of nitriles is 1. The molecule has 0 aliphatic carbocycles. The van der Waals surface area contributed by atoms with Crippen LogP contribution in [-0.4, -0.2) is 60.1 Å². The topological polar surface area (TPSA) is 77.2 Å². The Kier molecular flexibility index (Phi) is 8.02. The van der Waals surface area contributed by atoms with Crippen LogP contribution in [0, 0.1) is 11.3 Å². The van der Waals surface area contributed by atoms with Gasteiger partial charge in [0.1, 0.15) is 6.07 Å². The number of amides is 1. The van der Waals surface area contributed by atoms with E-state index in [4.69, 9.17) is 0 Å². The fourth-order valence-electron chi connectivity index (χ4n) is 5.36. The van der Waals surface area contributed by atoms with Gasteiger partial charge in [0.15, 0.2) is 0 Å². The highest BCUT2D eigenvalue weighted by Crippen LogP contribution is 2.39. The van der Waals surface area contributed by atoms with Gasteiger partial charge in [-0.15, -0.1) is 0 Å². The van der Waals surface area contributed by atoms with Crippen molar-refractivity contribution < 1.29 is 18.0 Å². The molecular weight excluding hydrogens is 505 g/mol.